The molecule has 6 aliphatic rings. The number of hydrogen-bond acceptors (Lipinski definition) is 7. The Bertz CT molecular complexity index is 778. The van der Waals surface area contributed by atoms with E-state index < -0.39 is 48.7 Å². The summed E-state index contributed by atoms with van der Waals surface area (Å²) in [5.74, 6) is -3.74. The molecular formula is C23H30F2O7. The maximum atomic E-state index is 13.3. The van der Waals surface area contributed by atoms with Crippen LogP contribution in [0.3, 0.4) is 0 Å². The average Bonchev–Trinajstić information content (AvgIpc) is 3.01. The molecule has 1 heterocycles. The van der Waals surface area contributed by atoms with Crippen LogP contribution in [0.5, 0.6) is 0 Å². The van der Waals surface area contributed by atoms with E-state index >= 15 is 0 Å². The highest BCUT2D eigenvalue weighted by molar-refractivity contribution is 5.81. The van der Waals surface area contributed by atoms with Crippen LogP contribution in [0, 0.1) is 29.1 Å². The predicted molar refractivity (Wildman–Crippen MR) is 104 cm³/mol. The third kappa shape index (κ3) is 4.13. The Morgan fingerprint density at radius 3 is 2.53 bits per heavy atom. The summed E-state index contributed by atoms with van der Waals surface area (Å²) < 4.78 is 48.3. The number of esters is 3. The highest BCUT2D eigenvalue weighted by Gasteiger charge is 2.60. The Morgan fingerprint density at radius 2 is 1.84 bits per heavy atom. The molecule has 7 nitrogen and oxygen atoms in total. The molecule has 5 unspecified atom stereocenters. The Kier molecular flexibility index (Phi) is 5.46. The molecule has 32 heavy (non-hydrogen) atoms. The van der Waals surface area contributed by atoms with Crippen LogP contribution >= 0.6 is 0 Å². The number of fused-ring (bicyclic) bond motifs is 2. The molecular weight excluding hydrogens is 426 g/mol. The highest BCUT2D eigenvalue weighted by atomic mass is 19.3. The van der Waals surface area contributed by atoms with Crippen molar-refractivity contribution in [3.63, 3.8) is 0 Å². The Labute approximate surface area is 185 Å². The molecule has 5 aliphatic carbocycles. The van der Waals surface area contributed by atoms with Crippen molar-refractivity contribution in [3.8, 4) is 0 Å². The number of hydrogen-bond donors (Lipinski definition) is 0. The molecule has 0 aromatic carbocycles. The van der Waals surface area contributed by atoms with E-state index in [0.29, 0.717) is 44.4 Å². The molecule has 9 heteroatoms. The zero-order valence-corrected chi connectivity index (χ0v) is 18.2. The topological polar surface area (TPSA) is 88.1 Å². The van der Waals surface area contributed by atoms with Crippen LogP contribution in [-0.2, 0) is 33.3 Å². The summed E-state index contributed by atoms with van der Waals surface area (Å²) in [6.07, 6.45) is 4.21. The monoisotopic (exact) mass is 456 g/mol. The third-order valence-electron chi connectivity index (χ3n) is 8.08. The van der Waals surface area contributed by atoms with Crippen molar-refractivity contribution in [1.29, 1.82) is 0 Å². The van der Waals surface area contributed by atoms with E-state index in [4.69, 9.17) is 18.9 Å². The molecule has 6 bridgehead atoms. The van der Waals surface area contributed by atoms with Gasteiger partial charge in [0.2, 0.25) is 0 Å². The number of carbonyl (C=O) groups excluding carboxylic acids is 3. The van der Waals surface area contributed by atoms with E-state index in [1.54, 1.807) is 0 Å². The molecule has 0 aromatic heterocycles. The fourth-order valence-electron chi connectivity index (χ4n) is 7.04. The van der Waals surface area contributed by atoms with Gasteiger partial charge in [0.05, 0.1) is 17.4 Å². The van der Waals surface area contributed by atoms with Crippen LogP contribution in [0.1, 0.15) is 58.3 Å². The molecule has 6 fully saturated rings. The predicted octanol–water partition coefficient (Wildman–Crippen LogP) is 3.03. The van der Waals surface area contributed by atoms with Gasteiger partial charge in [0, 0.05) is 13.3 Å². The summed E-state index contributed by atoms with van der Waals surface area (Å²) in [5.41, 5.74) is -0.662. The Hall–Kier alpha value is -1.77. The van der Waals surface area contributed by atoms with Gasteiger partial charge in [-0.2, -0.15) is 0 Å². The zero-order chi connectivity index (χ0) is 22.7. The van der Waals surface area contributed by atoms with Crippen LogP contribution in [0.25, 0.3) is 0 Å². The van der Waals surface area contributed by atoms with E-state index in [-0.39, 0.29) is 29.8 Å². The smallest absolute Gasteiger partial charge is 0.344 e. The van der Waals surface area contributed by atoms with Gasteiger partial charge in [-0.15, -0.1) is 0 Å². The van der Waals surface area contributed by atoms with Gasteiger partial charge in [-0.3, -0.25) is 9.59 Å². The van der Waals surface area contributed by atoms with E-state index in [1.807, 2.05) is 0 Å². The molecule has 0 amide bonds. The number of rotatable bonds is 7. The molecule has 1 aliphatic heterocycles. The lowest BCUT2D eigenvalue weighted by Crippen LogP contribution is -2.57. The van der Waals surface area contributed by atoms with Crippen molar-refractivity contribution >= 4 is 17.9 Å². The van der Waals surface area contributed by atoms with Gasteiger partial charge in [-0.25, -0.2) is 13.6 Å². The fraction of sp³-hybridized carbons (Fsp3) is 0.870. The minimum absolute atomic E-state index is 0.0651. The standard InChI is InChI=1S/C23H30F2O7/c1-22(24,25)11-30-19-14-4-12-5-15(19)9-23(7-12,8-14)21(28)29-10-18(26)31-16-3-2-13-6-17(16)32-20(13)27/h12-17,19H,2-11H2,1H3. The second-order valence-corrected chi connectivity index (χ2v) is 10.7. The first-order valence-electron chi connectivity index (χ1n) is 11.7. The molecule has 0 radical (unpaired) electrons. The van der Waals surface area contributed by atoms with Crippen molar-refractivity contribution in [2.45, 2.75) is 82.5 Å². The van der Waals surface area contributed by atoms with Gasteiger partial charge in [0.1, 0.15) is 18.8 Å². The van der Waals surface area contributed by atoms with E-state index in [2.05, 4.69) is 0 Å². The van der Waals surface area contributed by atoms with Crippen LogP contribution in [-0.4, -0.2) is 55.4 Å². The van der Waals surface area contributed by atoms with Crippen LogP contribution in [0.2, 0.25) is 0 Å². The van der Waals surface area contributed by atoms with Crippen molar-refractivity contribution in [3.05, 3.63) is 0 Å². The molecule has 0 aromatic rings. The second kappa shape index (κ2) is 7.92. The third-order valence-corrected chi connectivity index (χ3v) is 8.08. The lowest BCUT2D eigenvalue weighted by molar-refractivity contribution is -0.204. The summed E-state index contributed by atoms with van der Waals surface area (Å²) in [5, 5.41) is 0. The lowest BCUT2D eigenvalue weighted by Gasteiger charge is -2.58. The van der Waals surface area contributed by atoms with Gasteiger partial charge in [-0.05, 0) is 62.7 Å². The van der Waals surface area contributed by atoms with Crippen molar-refractivity contribution in [2.24, 2.45) is 29.1 Å². The first-order valence-corrected chi connectivity index (χ1v) is 11.7. The highest BCUT2D eigenvalue weighted by Crippen LogP contribution is 2.61. The Morgan fingerprint density at radius 1 is 1.12 bits per heavy atom. The van der Waals surface area contributed by atoms with Gasteiger partial charge in [-0.1, -0.05) is 0 Å². The fourth-order valence-corrected chi connectivity index (χ4v) is 7.04. The summed E-state index contributed by atoms with van der Waals surface area (Å²) in [6, 6.07) is 0. The van der Waals surface area contributed by atoms with E-state index in [9.17, 15) is 23.2 Å². The average molecular weight is 456 g/mol. The van der Waals surface area contributed by atoms with Crippen LogP contribution in [0.4, 0.5) is 8.78 Å². The van der Waals surface area contributed by atoms with Crippen molar-refractivity contribution in [2.75, 3.05) is 13.2 Å². The zero-order valence-electron chi connectivity index (χ0n) is 18.2. The second-order valence-electron chi connectivity index (χ2n) is 10.7. The Balaban J connectivity index is 1.14. The van der Waals surface area contributed by atoms with Gasteiger partial charge >= 0.3 is 17.9 Å². The molecule has 0 N–H and O–H groups in total. The number of ether oxygens (including phenoxy) is 4. The molecule has 6 rings (SSSR count). The van der Waals surface area contributed by atoms with Crippen molar-refractivity contribution < 1.29 is 42.1 Å². The van der Waals surface area contributed by atoms with Crippen LogP contribution in [0.15, 0.2) is 0 Å². The minimum atomic E-state index is -2.87. The first-order chi connectivity index (χ1) is 15.1. The lowest BCUT2D eigenvalue weighted by atomic mass is 9.48. The summed E-state index contributed by atoms with van der Waals surface area (Å²) in [4.78, 5) is 37.0. The maximum Gasteiger partial charge on any atom is 0.344 e. The molecule has 0 spiro atoms. The van der Waals surface area contributed by atoms with Gasteiger partial charge in [0.25, 0.3) is 5.92 Å². The van der Waals surface area contributed by atoms with Crippen molar-refractivity contribution in [1.82, 2.24) is 0 Å². The molecule has 1 saturated heterocycles. The summed E-state index contributed by atoms with van der Waals surface area (Å²) >= 11 is 0. The molecule has 5 atom stereocenters. The number of halogens is 2. The van der Waals surface area contributed by atoms with Gasteiger partial charge < -0.3 is 18.9 Å². The largest absolute Gasteiger partial charge is 0.458 e. The number of carbonyl (C=O) groups is 3. The molecule has 178 valence electrons. The number of alkyl halides is 2. The quantitative estimate of drug-likeness (QED) is 0.430. The normalized spacial score (nSPS) is 42.0. The SMILES string of the molecule is CC(F)(F)COC1C2CC3CC1CC(C(=O)OCC(=O)OC1CCC4CC1OC4=O)(C3)C2. The molecule has 5 saturated carbocycles. The van der Waals surface area contributed by atoms with Crippen LogP contribution < -0.4 is 0 Å². The van der Waals surface area contributed by atoms with E-state index in [0.717, 1.165) is 19.8 Å². The summed E-state index contributed by atoms with van der Waals surface area (Å²) in [6.45, 7) is -0.219. The van der Waals surface area contributed by atoms with Gasteiger partial charge in [0.15, 0.2) is 6.61 Å². The van der Waals surface area contributed by atoms with E-state index in [1.165, 1.54) is 0 Å². The minimum Gasteiger partial charge on any atom is -0.458 e. The maximum absolute atomic E-state index is 13.3. The summed E-state index contributed by atoms with van der Waals surface area (Å²) in [7, 11) is 0. The first kappa shape index (κ1) is 22.0.